The fourth-order valence-corrected chi connectivity index (χ4v) is 2.57. The molecule has 0 fully saturated rings. The normalized spacial score (nSPS) is 10.8. The van der Waals surface area contributed by atoms with Crippen LogP contribution in [-0.4, -0.2) is 16.1 Å². The van der Waals surface area contributed by atoms with E-state index in [0.717, 1.165) is 16.3 Å². The zero-order valence-electron chi connectivity index (χ0n) is 11.7. The topological polar surface area (TPSA) is 59.4 Å². The number of carbonyl (C=O) groups is 1. The molecule has 20 heavy (non-hydrogen) atoms. The Morgan fingerprint density at radius 2 is 2.20 bits per heavy atom. The molecule has 4 nitrogen and oxygen atoms in total. The first-order valence-corrected chi connectivity index (χ1v) is 7.26. The van der Waals surface area contributed by atoms with Gasteiger partial charge in [0, 0.05) is 11.3 Å². The maximum absolute atomic E-state index is 10.9. The molecule has 0 amide bonds. The molecule has 1 aromatic carbocycles. The summed E-state index contributed by atoms with van der Waals surface area (Å²) < 4.78 is 5.70. The van der Waals surface area contributed by atoms with Gasteiger partial charge in [0.1, 0.15) is 12.4 Å². The van der Waals surface area contributed by atoms with Crippen LogP contribution in [0.25, 0.3) is 0 Å². The van der Waals surface area contributed by atoms with Gasteiger partial charge in [0.05, 0.1) is 16.3 Å². The molecule has 0 aliphatic heterocycles. The summed E-state index contributed by atoms with van der Waals surface area (Å²) in [5.74, 6) is 0.181. The molecular formula is C15H17NO3S. The van der Waals surface area contributed by atoms with Gasteiger partial charge in [-0.2, -0.15) is 0 Å². The second kappa shape index (κ2) is 6.05. The Labute approximate surface area is 122 Å². The Bertz CT molecular complexity index is 619. The van der Waals surface area contributed by atoms with E-state index in [1.165, 1.54) is 0 Å². The standard InChI is InChI=1S/C15H17NO3S/c1-9(2)14-16-12(8-20-14)7-19-13-5-4-11(15(17)18)6-10(13)3/h4-6,8-9H,7H2,1-3H3,(H,17,18). The molecule has 0 saturated heterocycles. The summed E-state index contributed by atoms with van der Waals surface area (Å²) in [6.45, 7) is 6.45. The Hall–Kier alpha value is -1.88. The predicted molar refractivity (Wildman–Crippen MR) is 78.7 cm³/mol. The van der Waals surface area contributed by atoms with Gasteiger partial charge in [0.25, 0.3) is 0 Å². The zero-order chi connectivity index (χ0) is 14.7. The maximum atomic E-state index is 10.9. The van der Waals surface area contributed by atoms with Crippen LogP contribution in [-0.2, 0) is 6.61 Å². The third-order valence-corrected chi connectivity index (χ3v) is 4.05. The lowest BCUT2D eigenvalue weighted by Gasteiger charge is -2.08. The number of thiazole rings is 1. The van der Waals surface area contributed by atoms with Gasteiger partial charge in [-0.05, 0) is 30.7 Å². The first kappa shape index (κ1) is 14.5. The molecule has 106 valence electrons. The second-order valence-corrected chi connectivity index (χ2v) is 5.80. The van der Waals surface area contributed by atoms with E-state index in [2.05, 4.69) is 18.8 Å². The molecule has 1 N–H and O–H groups in total. The number of rotatable bonds is 5. The average molecular weight is 291 g/mol. The van der Waals surface area contributed by atoms with Gasteiger partial charge in [-0.1, -0.05) is 13.8 Å². The van der Waals surface area contributed by atoms with E-state index in [1.54, 1.807) is 29.5 Å². The lowest BCUT2D eigenvalue weighted by molar-refractivity contribution is 0.0696. The molecule has 0 atom stereocenters. The van der Waals surface area contributed by atoms with Crippen molar-refractivity contribution in [3.05, 3.63) is 45.4 Å². The molecule has 0 unspecified atom stereocenters. The van der Waals surface area contributed by atoms with Gasteiger partial charge in [-0.15, -0.1) is 11.3 Å². The number of ether oxygens (including phenoxy) is 1. The molecule has 2 rings (SSSR count). The van der Waals surface area contributed by atoms with Crippen LogP contribution in [0, 0.1) is 6.92 Å². The van der Waals surface area contributed by atoms with E-state index in [0.29, 0.717) is 18.3 Å². The van der Waals surface area contributed by atoms with Crippen LogP contribution in [0.15, 0.2) is 23.6 Å². The summed E-state index contributed by atoms with van der Waals surface area (Å²) in [5.41, 5.74) is 1.98. The zero-order valence-corrected chi connectivity index (χ0v) is 12.5. The van der Waals surface area contributed by atoms with Crippen LogP contribution in [0.3, 0.4) is 0 Å². The molecular weight excluding hydrogens is 274 g/mol. The van der Waals surface area contributed by atoms with Crippen molar-refractivity contribution in [3.63, 3.8) is 0 Å². The third-order valence-electron chi connectivity index (χ3n) is 2.86. The van der Waals surface area contributed by atoms with Gasteiger partial charge in [0.2, 0.25) is 0 Å². The van der Waals surface area contributed by atoms with E-state index in [-0.39, 0.29) is 5.56 Å². The summed E-state index contributed by atoms with van der Waals surface area (Å²) in [7, 11) is 0. The van der Waals surface area contributed by atoms with E-state index in [1.807, 2.05) is 12.3 Å². The Morgan fingerprint density at radius 3 is 2.75 bits per heavy atom. The Balaban J connectivity index is 2.05. The third kappa shape index (κ3) is 3.36. The van der Waals surface area contributed by atoms with Crippen molar-refractivity contribution < 1.29 is 14.6 Å². The van der Waals surface area contributed by atoms with Crippen molar-refractivity contribution in [1.82, 2.24) is 4.98 Å². The fraction of sp³-hybridized carbons (Fsp3) is 0.333. The van der Waals surface area contributed by atoms with Gasteiger partial charge >= 0.3 is 5.97 Å². The fourth-order valence-electron chi connectivity index (χ4n) is 1.75. The summed E-state index contributed by atoms with van der Waals surface area (Å²) in [6, 6.07) is 4.85. The molecule has 0 saturated carbocycles. The molecule has 0 spiro atoms. The first-order chi connectivity index (χ1) is 9.47. The molecule has 0 aliphatic rings. The van der Waals surface area contributed by atoms with Crippen molar-refractivity contribution in [2.75, 3.05) is 0 Å². The number of hydrogen-bond donors (Lipinski definition) is 1. The van der Waals surface area contributed by atoms with E-state index in [4.69, 9.17) is 9.84 Å². The Kier molecular flexibility index (Phi) is 4.39. The highest BCUT2D eigenvalue weighted by atomic mass is 32.1. The SMILES string of the molecule is Cc1cc(C(=O)O)ccc1OCc1csc(C(C)C)n1. The number of aryl methyl sites for hydroxylation is 1. The predicted octanol–water partition coefficient (Wildman–Crippen LogP) is 3.85. The van der Waals surface area contributed by atoms with Crippen molar-refractivity contribution >= 4 is 17.3 Å². The number of carboxylic acids is 1. The number of hydrogen-bond acceptors (Lipinski definition) is 4. The highest BCUT2D eigenvalue weighted by Crippen LogP contribution is 2.23. The van der Waals surface area contributed by atoms with Crippen LogP contribution >= 0.6 is 11.3 Å². The minimum atomic E-state index is -0.930. The molecule has 0 bridgehead atoms. The largest absolute Gasteiger partial charge is 0.487 e. The summed E-state index contributed by atoms with van der Waals surface area (Å²) in [6.07, 6.45) is 0. The van der Waals surface area contributed by atoms with Crippen LogP contribution in [0.2, 0.25) is 0 Å². The minimum absolute atomic E-state index is 0.269. The highest BCUT2D eigenvalue weighted by molar-refractivity contribution is 7.09. The van der Waals surface area contributed by atoms with Gasteiger partial charge < -0.3 is 9.84 Å². The van der Waals surface area contributed by atoms with Crippen LogP contribution < -0.4 is 4.74 Å². The molecule has 1 aromatic heterocycles. The summed E-state index contributed by atoms with van der Waals surface area (Å²) >= 11 is 1.63. The van der Waals surface area contributed by atoms with Gasteiger partial charge in [-0.3, -0.25) is 0 Å². The van der Waals surface area contributed by atoms with Gasteiger partial charge in [0.15, 0.2) is 0 Å². The van der Waals surface area contributed by atoms with Crippen molar-refractivity contribution in [1.29, 1.82) is 0 Å². The maximum Gasteiger partial charge on any atom is 0.335 e. The number of aromatic nitrogens is 1. The molecule has 1 heterocycles. The highest BCUT2D eigenvalue weighted by Gasteiger charge is 2.09. The average Bonchev–Trinajstić information content (AvgIpc) is 2.86. The van der Waals surface area contributed by atoms with Crippen LogP contribution in [0.1, 0.15) is 46.4 Å². The molecule has 2 aromatic rings. The first-order valence-electron chi connectivity index (χ1n) is 6.38. The van der Waals surface area contributed by atoms with E-state index in [9.17, 15) is 4.79 Å². The van der Waals surface area contributed by atoms with Crippen molar-refractivity contribution in [2.45, 2.75) is 33.3 Å². The quantitative estimate of drug-likeness (QED) is 0.909. The van der Waals surface area contributed by atoms with E-state index < -0.39 is 5.97 Å². The summed E-state index contributed by atoms with van der Waals surface area (Å²) in [5, 5.41) is 12.0. The number of aromatic carboxylic acids is 1. The molecule has 5 heteroatoms. The van der Waals surface area contributed by atoms with Crippen LogP contribution in [0.5, 0.6) is 5.75 Å². The minimum Gasteiger partial charge on any atom is -0.487 e. The second-order valence-electron chi connectivity index (χ2n) is 4.91. The number of carboxylic acid groups (broad SMARTS) is 1. The van der Waals surface area contributed by atoms with Gasteiger partial charge in [-0.25, -0.2) is 9.78 Å². The van der Waals surface area contributed by atoms with Crippen molar-refractivity contribution in [2.24, 2.45) is 0 Å². The summed E-state index contributed by atoms with van der Waals surface area (Å²) in [4.78, 5) is 15.4. The molecule has 0 aliphatic carbocycles. The monoisotopic (exact) mass is 291 g/mol. The van der Waals surface area contributed by atoms with Crippen LogP contribution in [0.4, 0.5) is 0 Å². The smallest absolute Gasteiger partial charge is 0.335 e. The number of nitrogens with zero attached hydrogens (tertiary/aromatic N) is 1. The lowest BCUT2D eigenvalue weighted by atomic mass is 10.1. The number of benzene rings is 1. The van der Waals surface area contributed by atoms with Crippen molar-refractivity contribution in [3.8, 4) is 5.75 Å². The lowest BCUT2D eigenvalue weighted by Crippen LogP contribution is -2.01. The van der Waals surface area contributed by atoms with E-state index >= 15 is 0 Å². The molecule has 0 radical (unpaired) electrons. The Morgan fingerprint density at radius 1 is 1.45 bits per heavy atom.